The number of rotatable bonds is 7. The van der Waals surface area contributed by atoms with Crippen molar-refractivity contribution in [3.8, 4) is 11.5 Å². The van der Waals surface area contributed by atoms with Crippen molar-refractivity contribution >= 4 is 57.6 Å². The molecule has 0 spiro atoms. The molecule has 0 N–H and O–H groups in total. The Morgan fingerprint density at radius 1 is 1.24 bits per heavy atom. The number of carbonyl (C=O) groups is 1. The molecule has 8 heteroatoms. The fourth-order valence-corrected chi connectivity index (χ4v) is 4.16. The summed E-state index contributed by atoms with van der Waals surface area (Å²) in [5.41, 5.74) is 1.21. The molecule has 1 heterocycles. The molecule has 1 aliphatic rings. The van der Waals surface area contributed by atoms with Gasteiger partial charge >= 0.3 is 0 Å². The molecule has 0 radical (unpaired) electrons. The van der Waals surface area contributed by atoms with Crippen molar-refractivity contribution in [1.82, 2.24) is 0 Å². The van der Waals surface area contributed by atoms with Crippen LogP contribution in [0.2, 0.25) is 5.02 Å². The lowest BCUT2D eigenvalue weighted by molar-refractivity contribution is -0.113. The number of thiocarbonyl (C=S) groups is 1. The Morgan fingerprint density at radius 2 is 2.03 bits per heavy atom. The Bertz CT molecular complexity index is 980. The van der Waals surface area contributed by atoms with Gasteiger partial charge in [-0.1, -0.05) is 55.0 Å². The van der Waals surface area contributed by atoms with E-state index in [2.05, 4.69) is 6.92 Å². The van der Waals surface area contributed by atoms with Gasteiger partial charge in [-0.2, -0.15) is 0 Å². The molecule has 4 nitrogen and oxygen atoms in total. The number of unbranched alkanes of at least 4 members (excludes halogenated alkanes) is 1. The molecule has 2 aromatic carbocycles. The van der Waals surface area contributed by atoms with Crippen molar-refractivity contribution in [2.45, 2.75) is 19.8 Å². The summed E-state index contributed by atoms with van der Waals surface area (Å²) in [5.74, 6) is 0.414. The van der Waals surface area contributed by atoms with E-state index in [1.54, 1.807) is 13.2 Å². The lowest BCUT2D eigenvalue weighted by atomic mass is 10.1. The maximum atomic E-state index is 13.4. The van der Waals surface area contributed by atoms with Crippen molar-refractivity contribution in [1.29, 1.82) is 0 Å². The molecule has 2 aromatic rings. The Hall–Kier alpha value is -2.09. The highest BCUT2D eigenvalue weighted by Crippen LogP contribution is 2.38. The number of thioether (sulfide) groups is 1. The van der Waals surface area contributed by atoms with Crippen LogP contribution < -0.4 is 14.4 Å². The van der Waals surface area contributed by atoms with E-state index in [0.717, 1.165) is 18.4 Å². The predicted molar refractivity (Wildman–Crippen MR) is 120 cm³/mol. The van der Waals surface area contributed by atoms with Crippen LogP contribution in [0.4, 0.5) is 10.1 Å². The number of halogens is 2. The number of benzene rings is 2. The van der Waals surface area contributed by atoms with Crippen molar-refractivity contribution in [3.63, 3.8) is 0 Å². The highest BCUT2D eigenvalue weighted by atomic mass is 35.5. The van der Waals surface area contributed by atoms with Gasteiger partial charge in [0.25, 0.3) is 5.91 Å². The second-order valence-corrected chi connectivity index (χ2v) is 8.31. The molecule has 0 aliphatic carbocycles. The van der Waals surface area contributed by atoms with Gasteiger partial charge in [0.1, 0.15) is 5.82 Å². The molecule has 152 valence electrons. The van der Waals surface area contributed by atoms with Gasteiger partial charge in [0, 0.05) is 0 Å². The first-order valence-electron chi connectivity index (χ1n) is 8.98. The van der Waals surface area contributed by atoms with Crippen LogP contribution in [0.1, 0.15) is 25.3 Å². The molecule has 1 saturated heterocycles. The molecule has 0 aromatic heterocycles. The largest absolute Gasteiger partial charge is 0.493 e. The first kappa shape index (κ1) is 21.6. The number of hydrogen-bond acceptors (Lipinski definition) is 5. The zero-order valence-electron chi connectivity index (χ0n) is 15.9. The number of nitrogens with zero attached hydrogens (tertiary/aromatic N) is 1. The van der Waals surface area contributed by atoms with Crippen molar-refractivity contribution in [2.24, 2.45) is 0 Å². The third-order valence-electron chi connectivity index (χ3n) is 4.20. The maximum absolute atomic E-state index is 13.4. The molecular weight excluding hydrogens is 433 g/mol. The van der Waals surface area contributed by atoms with Crippen molar-refractivity contribution in [2.75, 3.05) is 18.6 Å². The molecule has 0 saturated carbocycles. The molecular formula is C21H19ClFNO3S2. The fraction of sp³-hybridized carbons (Fsp3) is 0.238. The van der Waals surface area contributed by atoms with E-state index >= 15 is 0 Å². The van der Waals surface area contributed by atoms with E-state index in [9.17, 15) is 9.18 Å². The third kappa shape index (κ3) is 4.91. The minimum absolute atomic E-state index is 0.0658. The maximum Gasteiger partial charge on any atom is 0.270 e. The Kier molecular flexibility index (Phi) is 7.16. The quantitative estimate of drug-likeness (QED) is 0.290. The summed E-state index contributed by atoms with van der Waals surface area (Å²) in [7, 11) is 1.57. The summed E-state index contributed by atoms with van der Waals surface area (Å²) in [5, 5.41) is -0.0658. The van der Waals surface area contributed by atoms with Gasteiger partial charge in [-0.3, -0.25) is 9.69 Å². The number of hydrogen-bond donors (Lipinski definition) is 0. The molecule has 1 amide bonds. The number of carbonyl (C=O) groups excluding carboxylic acids is 1. The summed E-state index contributed by atoms with van der Waals surface area (Å²) >= 11 is 12.4. The molecule has 1 fully saturated rings. The summed E-state index contributed by atoms with van der Waals surface area (Å²) in [6, 6.07) is 9.55. The van der Waals surface area contributed by atoms with E-state index in [1.165, 1.54) is 34.9 Å². The van der Waals surface area contributed by atoms with E-state index in [4.69, 9.17) is 33.3 Å². The highest BCUT2D eigenvalue weighted by Gasteiger charge is 2.33. The van der Waals surface area contributed by atoms with Gasteiger partial charge in [-0.05, 0) is 48.4 Å². The van der Waals surface area contributed by atoms with Crippen LogP contribution >= 0.6 is 35.6 Å². The molecule has 1 aliphatic heterocycles. The molecule has 29 heavy (non-hydrogen) atoms. The van der Waals surface area contributed by atoms with Crippen LogP contribution in [0.15, 0.2) is 41.3 Å². The highest BCUT2D eigenvalue weighted by molar-refractivity contribution is 8.27. The van der Waals surface area contributed by atoms with Crippen molar-refractivity contribution in [3.05, 3.63) is 57.7 Å². The average molecular weight is 452 g/mol. The normalized spacial score (nSPS) is 15.3. The fourth-order valence-electron chi connectivity index (χ4n) is 2.69. The van der Waals surface area contributed by atoms with E-state index < -0.39 is 5.82 Å². The number of amides is 1. The van der Waals surface area contributed by atoms with Crippen LogP contribution in [0.5, 0.6) is 11.5 Å². The van der Waals surface area contributed by atoms with Crippen LogP contribution in [-0.2, 0) is 4.79 Å². The van der Waals surface area contributed by atoms with E-state index in [1.807, 2.05) is 18.2 Å². The van der Waals surface area contributed by atoms with Gasteiger partial charge in [0.05, 0.1) is 29.3 Å². The Balaban J connectivity index is 1.84. The average Bonchev–Trinajstić information content (AvgIpc) is 2.98. The Morgan fingerprint density at radius 3 is 2.72 bits per heavy atom. The summed E-state index contributed by atoms with van der Waals surface area (Å²) in [6.45, 7) is 2.71. The third-order valence-corrected chi connectivity index (χ3v) is 5.79. The van der Waals surface area contributed by atoms with E-state index in [-0.39, 0.29) is 10.9 Å². The van der Waals surface area contributed by atoms with Crippen LogP contribution in [0, 0.1) is 5.82 Å². The standard InChI is InChI=1S/C21H19ClFNO3S2/c1-3-4-9-27-17-8-5-13(10-18(17)26-2)11-19-20(25)24(21(28)29-19)14-6-7-16(23)15(22)12-14/h5-8,10-12H,3-4,9H2,1-2H3/b19-11-. The van der Waals surface area contributed by atoms with Gasteiger partial charge in [0.15, 0.2) is 15.8 Å². The minimum Gasteiger partial charge on any atom is -0.493 e. The van der Waals surface area contributed by atoms with Gasteiger partial charge in [-0.15, -0.1) is 0 Å². The summed E-state index contributed by atoms with van der Waals surface area (Å²) in [6.07, 6.45) is 3.74. The van der Waals surface area contributed by atoms with Gasteiger partial charge in [0.2, 0.25) is 0 Å². The predicted octanol–water partition coefficient (Wildman–Crippen LogP) is 6.07. The first-order chi connectivity index (χ1) is 13.9. The van der Waals surface area contributed by atoms with Crippen LogP contribution in [0.25, 0.3) is 6.08 Å². The van der Waals surface area contributed by atoms with Crippen LogP contribution in [-0.4, -0.2) is 23.9 Å². The zero-order valence-corrected chi connectivity index (χ0v) is 18.3. The second-order valence-electron chi connectivity index (χ2n) is 6.23. The number of anilines is 1. The molecule has 0 unspecified atom stereocenters. The lowest BCUT2D eigenvalue weighted by Gasteiger charge is -2.14. The SMILES string of the molecule is CCCCOc1ccc(/C=C2\SC(=S)N(c3ccc(F)c(Cl)c3)C2=O)cc1OC. The zero-order chi connectivity index (χ0) is 21.0. The summed E-state index contributed by atoms with van der Waals surface area (Å²) < 4.78 is 24.9. The summed E-state index contributed by atoms with van der Waals surface area (Å²) in [4.78, 5) is 14.7. The first-order valence-corrected chi connectivity index (χ1v) is 10.6. The minimum atomic E-state index is -0.551. The second kappa shape index (κ2) is 9.61. The number of methoxy groups -OCH3 is 1. The van der Waals surface area contributed by atoms with Gasteiger partial charge in [-0.25, -0.2) is 4.39 Å². The molecule has 0 atom stereocenters. The van der Waals surface area contributed by atoms with Crippen LogP contribution in [0.3, 0.4) is 0 Å². The van der Waals surface area contributed by atoms with Gasteiger partial charge < -0.3 is 9.47 Å². The molecule has 3 rings (SSSR count). The van der Waals surface area contributed by atoms with Crippen molar-refractivity contribution < 1.29 is 18.7 Å². The monoisotopic (exact) mass is 451 g/mol. The lowest BCUT2D eigenvalue weighted by Crippen LogP contribution is -2.27. The smallest absolute Gasteiger partial charge is 0.270 e. The number of ether oxygens (including phenoxy) is 2. The molecule has 0 bridgehead atoms. The topological polar surface area (TPSA) is 38.8 Å². The van der Waals surface area contributed by atoms with E-state index in [0.29, 0.717) is 33.0 Å². The Labute approximate surface area is 183 Å².